The van der Waals surface area contributed by atoms with Crippen LogP contribution in [-0.4, -0.2) is 23.1 Å². The van der Waals surface area contributed by atoms with Crippen molar-refractivity contribution in [2.75, 3.05) is 13.1 Å². The first-order chi connectivity index (χ1) is 7.55. The van der Waals surface area contributed by atoms with E-state index in [1.165, 1.54) is 31.5 Å². The number of nitrogens with zero attached hydrogens (tertiary/aromatic N) is 1. The summed E-state index contributed by atoms with van der Waals surface area (Å²) in [4.78, 5) is 2.49. The predicted octanol–water partition coefficient (Wildman–Crippen LogP) is 2.51. The molecule has 2 rings (SSSR count). The van der Waals surface area contributed by atoms with Gasteiger partial charge in [0.1, 0.15) is 0 Å². The quantitative estimate of drug-likeness (QED) is 0.844. The number of aliphatic hydroxyl groups is 1. The van der Waals surface area contributed by atoms with Crippen LogP contribution in [-0.2, 0) is 12.1 Å². The maximum Gasteiger partial charge on any atom is 0.0840 e. The summed E-state index contributed by atoms with van der Waals surface area (Å²) in [6, 6.07) is 8.33. The van der Waals surface area contributed by atoms with E-state index < -0.39 is 5.60 Å². The fraction of sp³-hybridized carbons (Fsp3) is 0.571. The minimum Gasteiger partial charge on any atom is -0.386 e. The van der Waals surface area contributed by atoms with Crippen LogP contribution in [0.2, 0.25) is 0 Å². The Balaban J connectivity index is 2.01. The van der Waals surface area contributed by atoms with Crippen molar-refractivity contribution in [3.05, 3.63) is 35.4 Å². The van der Waals surface area contributed by atoms with E-state index >= 15 is 0 Å². The van der Waals surface area contributed by atoms with Crippen LogP contribution in [0.3, 0.4) is 0 Å². The monoisotopic (exact) mass is 219 g/mol. The molecule has 0 saturated carbocycles. The second-order valence-electron chi connectivity index (χ2n) is 5.24. The Morgan fingerprint density at radius 3 is 2.19 bits per heavy atom. The number of hydrogen-bond donors (Lipinski definition) is 1. The van der Waals surface area contributed by atoms with Gasteiger partial charge in [-0.3, -0.25) is 4.90 Å². The Kier molecular flexibility index (Phi) is 3.31. The lowest BCUT2D eigenvalue weighted by Gasteiger charge is -2.19. The van der Waals surface area contributed by atoms with E-state index in [0.29, 0.717) is 0 Å². The van der Waals surface area contributed by atoms with E-state index in [0.717, 1.165) is 12.1 Å². The van der Waals surface area contributed by atoms with Gasteiger partial charge in [-0.1, -0.05) is 24.3 Å². The fourth-order valence-corrected chi connectivity index (χ4v) is 2.22. The van der Waals surface area contributed by atoms with Crippen molar-refractivity contribution in [3.63, 3.8) is 0 Å². The minimum absolute atomic E-state index is 0.730. The Labute approximate surface area is 97.9 Å². The van der Waals surface area contributed by atoms with Crippen LogP contribution in [0.5, 0.6) is 0 Å². The van der Waals surface area contributed by atoms with E-state index in [-0.39, 0.29) is 0 Å². The number of likely N-dealkylation sites (tertiary alicyclic amines) is 1. The van der Waals surface area contributed by atoms with Crippen molar-refractivity contribution >= 4 is 0 Å². The predicted molar refractivity (Wildman–Crippen MR) is 66.2 cm³/mol. The molecule has 1 aromatic carbocycles. The summed E-state index contributed by atoms with van der Waals surface area (Å²) < 4.78 is 0. The van der Waals surface area contributed by atoms with Crippen molar-refractivity contribution in [3.8, 4) is 0 Å². The van der Waals surface area contributed by atoms with Gasteiger partial charge in [-0.05, 0) is 50.9 Å². The molecule has 2 heteroatoms. The smallest absolute Gasteiger partial charge is 0.0840 e. The molecule has 1 aliphatic rings. The summed E-state index contributed by atoms with van der Waals surface area (Å²) in [5, 5.41) is 9.85. The molecular formula is C14H21NO. The van der Waals surface area contributed by atoms with Gasteiger partial charge in [-0.15, -0.1) is 0 Å². The Morgan fingerprint density at radius 2 is 1.69 bits per heavy atom. The molecule has 1 saturated heterocycles. The van der Waals surface area contributed by atoms with Gasteiger partial charge in [0, 0.05) is 6.54 Å². The molecule has 0 spiro atoms. The van der Waals surface area contributed by atoms with Crippen molar-refractivity contribution in [1.29, 1.82) is 0 Å². The fourth-order valence-electron chi connectivity index (χ4n) is 2.22. The lowest BCUT2D eigenvalue weighted by atomic mass is 9.97. The zero-order chi connectivity index (χ0) is 11.6. The molecule has 1 aliphatic heterocycles. The summed E-state index contributed by atoms with van der Waals surface area (Å²) in [5.41, 5.74) is 1.60. The first kappa shape index (κ1) is 11.6. The first-order valence-electron chi connectivity index (χ1n) is 6.10. The zero-order valence-corrected chi connectivity index (χ0v) is 10.2. The van der Waals surface area contributed by atoms with Crippen LogP contribution in [0.4, 0.5) is 0 Å². The van der Waals surface area contributed by atoms with E-state index in [4.69, 9.17) is 0 Å². The zero-order valence-electron chi connectivity index (χ0n) is 10.2. The normalized spacial score (nSPS) is 17.9. The van der Waals surface area contributed by atoms with Gasteiger partial charge in [-0.25, -0.2) is 0 Å². The van der Waals surface area contributed by atoms with Gasteiger partial charge < -0.3 is 5.11 Å². The summed E-state index contributed by atoms with van der Waals surface area (Å²) in [5.74, 6) is 0. The van der Waals surface area contributed by atoms with Crippen molar-refractivity contribution in [2.24, 2.45) is 0 Å². The number of hydrogen-bond acceptors (Lipinski definition) is 2. The molecule has 1 fully saturated rings. The number of benzene rings is 1. The largest absolute Gasteiger partial charge is 0.386 e. The molecule has 1 aromatic rings. The van der Waals surface area contributed by atoms with E-state index in [9.17, 15) is 5.11 Å². The maximum atomic E-state index is 9.85. The van der Waals surface area contributed by atoms with Gasteiger partial charge >= 0.3 is 0 Å². The van der Waals surface area contributed by atoms with Crippen LogP contribution in [0.1, 0.15) is 37.8 Å². The average molecular weight is 219 g/mol. The van der Waals surface area contributed by atoms with Crippen LogP contribution >= 0.6 is 0 Å². The van der Waals surface area contributed by atoms with Crippen molar-refractivity contribution in [2.45, 2.75) is 38.8 Å². The molecule has 16 heavy (non-hydrogen) atoms. The highest BCUT2D eigenvalue weighted by Crippen LogP contribution is 2.20. The van der Waals surface area contributed by atoms with Crippen molar-refractivity contribution in [1.82, 2.24) is 4.90 Å². The molecule has 0 bridgehead atoms. The first-order valence-corrected chi connectivity index (χ1v) is 6.10. The van der Waals surface area contributed by atoms with Gasteiger partial charge in [0.2, 0.25) is 0 Å². The summed E-state index contributed by atoms with van der Waals surface area (Å²) in [7, 11) is 0. The second kappa shape index (κ2) is 4.56. The lowest BCUT2D eigenvalue weighted by molar-refractivity contribution is 0.0786. The molecule has 0 unspecified atom stereocenters. The summed E-state index contributed by atoms with van der Waals surface area (Å²) in [6.45, 7) is 7.15. The van der Waals surface area contributed by atoms with Crippen LogP contribution in [0, 0.1) is 0 Å². The molecule has 0 atom stereocenters. The molecular weight excluding hydrogens is 198 g/mol. The number of rotatable bonds is 3. The topological polar surface area (TPSA) is 23.5 Å². The average Bonchev–Trinajstić information content (AvgIpc) is 2.70. The molecule has 0 amide bonds. The Hall–Kier alpha value is -0.860. The molecule has 1 heterocycles. The van der Waals surface area contributed by atoms with E-state index in [2.05, 4.69) is 17.0 Å². The molecule has 1 N–H and O–H groups in total. The molecule has 0 radical (unpaired) electrons. The highest BCUT2D eigenvalue weighted by Gasteiger charge is 2.16. The van der Waals surface area contributed by atoms with E-state index in [1.54, 1.807) is 0 Å². The maximum absolute atomic E-state index is 9.85. The SMILES string of the molecule is CC(C)(O)c1ccc(CN2CCCC2)cc1. The molecule has 0 aliphatic carbocycles. The Morgan fingerprint density at radius 1 is 1.12 bits per heavy atom. The van der Waals surface area contributed by atoms with Gasteiger partial charge in [0.15, 0.2) is 0 Å². The third kappa shape index (κ3) is 2.83. The summed E-state index contributed by atoms with van der Waals surface area (Å²) in [6.07, 6.45) is 2.67. The second-order valence-corrected chi connectivity index (χ2v) is 5.24. The van der Waals surface area contributed by atoms with E-state index in [1.807, 2.05) is 26.0 Å². The summed E-state index contributed by atoms with van der Waals surface area (Å²) >= 11 is 0. The Bertz CT molecular complexity index is 331. The lowest BCUT2D eigenvalue weighted by Crippen LogP contribution is -2.19. The third-order valence-corrected chi connectivity index (χ3v) is 3.27. The molecule has 0 aromatic heterocycles. The van der Waals surface area contributed by atoms with Crippen LogP contribution in [0.15, 0.2) is 24.3 Å². The third-order valence-electron chi connectivity index (χ3n) is 3.27. The van der Waals surface area contributed by atoms with Crippen LogP contribution < -0.4 is 0 Å². The standard InChI is InChI=1S/C14H21NO/c1-14(2,16)13-7-5-12(6-8-13)11-15-9-3-4-10-15/h5-8,16H,3-4,9-11H2,1-2H3. The highest BCUT2D eigenvalue weighted by molar-refractivity contribution is 5.26. The molecule has 2 nitrogen and oxygen atoms in total. The van der Waals surface area contributed by atoms with Crippen LogP contribution in [0.25, 0.3) is 0 Å². The molecule has 88 valence electrons. The minimum atomic E-state index is -0.730. The van der Waals surface area contributed by atoms with Gasteiger partial charge in [0.25, 0.3) is 0 Å². The highest BCUT2D eigenvalue weighted by atomic mass is 16.3. The van der Waals surface area contributed by atoms with Gasteiger partial charge in [-0.2, -0.15) is 0 Å². The van der Waals surface area contributed by atoms with Gasteiger partial charge in [0.05, 0.1) is 5.60 Å². The van der Waals surface area contributed by atoms with Crippen molar-refractivity contribution < 1.29 is 5.11 Å².